The summed E-state index contributed by atoms with van der Waals surface area (Å²) in [5.41, 5.74) is 0.226. The Hall–Kier alpha value is -0.570. The minimum absolute atomic E-state index is 0.226. The van der Waals surface area contributed by atoms with Crippen LogP contribution in [0.2, 0.25) is 0 Å². The first kappa shape index (κ1) is 9.00. The SMILES string of the molecule is CN1CCC2(CCC(=O)N2C)CC1. The summed E-state index contributed by atoms with van der Waals surface area (Å²) in [6.45, 7) is 2.27. The first-order valence-electron chi connectivity index (χ1n) is 5.09. The molecule has 2 saturated heterocycles. The van der Waals surface area contributed by atoms with Gasteiger partial charge in [0.2, 0.25) is 5.91 Å². The van der Waals surface area contributed by atoms with Gasteiger partial charge in [0.15, 0.2) is 0 Å². The quantitative estimate of drug-likeness (QED) is 0.550. The van der Waals surface area contributed by atoms with Crippen LogP contribution >= 0.6 is 0 Å². The number of carbonyl (C=O) groups excluding carboxylic acids is 1. The van der Waals surface area contributed by atoms with Gasteiger partial charge in [0.1, 0.15) is 0 Å². The summed E-state index contributed by atoms with van der Waals surface area (Å²) in [5, 5.41) is 0. The average Bonchev–Trinajstić information content (AvgIpc) is 2.40. The van der Waals surface area contributed by atoms with Crippen molar-refractivity contribution in [2.24, 2.45) is 0 Å². The van der Waals surface area contributed by atoms with Crippen molar-refractivity contribution < 1.29 is 4.79 Å². The van der Waals surface area contributed by atoms with E-state index in [9.17, 15) is 4.79 Å². The maximum absolute atomic E-state index is 11.4. The van der Waals surface area contributed by atoms with Crippen LogP contribution in [0.1, 0.15) is 25.7 Å². The molecule has 0 N–H and O–H groups in total. The Morgan fingerprint density at radius 2 is 1.77 bits per heavy atom. The molecule has 1 amide bonds. The number of amides is 1. The number of nitrogens with zero attached hydrogens (tertiary/aromatic N) is 2. The predicted molar refractivity (Wildman–Crippen MR) is 51.5 cm³/mol. The number of piperidine rings is 1. The van der Waals surface area contributed by atoms with Gasteiger partial charge in [0, 0.05) is 32.1 Å². The molecule has 0 radical (unpaired) electrons. The highest BCUT2D eigenvalue weighted by Crippen LogP contribution is 2.37. The molecule has 2 aliphatic rings. The van der Waals surface area contributed by atoms with Gasteiger partial charge in [0.05, 0.1) is 0 Å². The third kappa shape index (κ3) is 1.35. The third-order valence-electron chi connectivity index (χ3n) is 3.81. The molecule has 13 heavy (non-hydrogen) atoms. The van der Waals surface area contributed by atoms with E-state index in [0.29, 0.717) is 5.91 Å². The summed E-state index contributed by atoms with van der Waals surface area (Å²) in [6.07, 6.45) is 4.16. The molecule has 0 bridgehead atoms. The fraction of sp³-hybridized carbons (Fsp3) is 0.900. The van der Waals surface area contributed by atoms with Crippen molar-refractivity contribution in [2.45, 2.75) is 31.2 Å². The van der Waals surface area contributed by atoms with Gasteiger partial charge in [0.25, 0.3) is 0 Å². The molecule has 0 aliphatic carbocycles. The van der Waals surface area contributed by atoms with E-state index in [-0.39, 0.29) is 5.54 Å². The molecule has 0 atom stereocenters. The summed E-state index contributed by atoms with van der Waals surface area (Å²) in [7, 11) is 4.13. The van der Waals surface area contributed by atoms with Gasteiger partial charge in [-0.2, -0.15) is 0 Å². The van der Waals surface area contributed by atoms with Crippen LogP contribution in [-0.2, 0) is 4.79 Å². The smallest absolute Gasteiger partial charge is 0.222 e. The lowest BCUT2D eigenvalue weighted by Crippen LogP contribution is -2.50. The maximum Gasteiger partial charge on any atom is 0.222 e. The van der Waals surface area contributed by atoms with Crippen LogP contribution in [0.15, 0.2) is 0 Å². The lowest BCUT2D eigenvalue weighted by Gasteiger charge is -2.42. The Kier molecular flexibility index (Phi) is 2.06. The van der Waals surface area contributed by atoms with Crippen molar-refractivity contribution >= 4 is 5.91 Å². The topological polar surface area (TPSA) is 23.6 Å². The van der Waals surface area contributed by atoms with Gasteiger partial charge in [-0.3, -0.25) is 4.79 Å². The van der Waals surface area contributed by atoms with Gasteiger partial charge in [-0.25, -0.2) is 0 Å². The molecule has 3 heteroatoms. The van der Waals surface area contributed by atoms with Crippen LogP contribution in [0.4, 0.5) is 0 Å². The number of carbonyl (C=O) groups is 1. The van der Waals surface area contributed by atoms with Crippen molar-refractivity contribution in [3.63, 3.8) is 0 Å². The molecule has 0 aromatic carbocycles. The second kappa shape index (κ2) is 2.98. The lowest BCUT2D eigenvalue weighted by atomic mass is 9.85. The van der Waals surface area contributed by atoms with Crippen LogP contribution in [0.25, 0.3) is 0 Å². The zero-order valence-electron chi connectivity index (χ0n) is 8.55. The molecule has 2 aliphatic heterocycles. The van der Waals surface area contributed by atoms with Crippen molar-refractivity contribution in [1.82, 2.24) is 9.80 Å². The Bertz CT molecular complexity index is 219. The summed E-state index contributed by atoms with van der Waals surface area (Å²) >= 11 is 0. The van der Waals surface area contributed by atoms with Crippen molar-refractivity contribution in [3.05, 3.63) is 0 Å². The molecule has 0 aromatic heterocycles. The molecule has 0 aromatic rings. The zero-order chi connectivity index (χ0) is 9.47. The third-order valence-corrected chi connectivity index (χ3v) is 3.81. The Labute approximate surface area is 79.7 Å². The molecule has 2 rings (SSSR count). The lowest BCUT2D eigenvalue weighted by molar-refractivity contribution is -0.130. The molecule has 0 saturated carbocycles. The molecule has 2 fully saturated rings. The van der Waals surface area contributed by atoms with E-state index in [4.69, 9.17) is 0 Å². The molecule has 0 unspecified atom stereocenters. The zero-order valence-corrected chi connectivity index (χ0v) is 8.55. The second-order valence-corrected chi connectivity index (χ2v) is 4.48. The molecular weight excluding hydrogens is 164 g/mol. The minimum Gasteiger partial charge on any atom is -0.340 e. The highest BCUT2D eigenvalue weighted by molar-refractivity contribution is 5.79. The fourth-order valence-electron chi connectivity index (χ4n) is 2.56. The van der Waals surface area contributed by atoms with E-state index in [1.165, 1.54) is 0 Å². The van der Waals surface area contributed by atoms with E-state index in [2.05, 4.69) is 11.9 Å². The van der Waals surface area contributed by atoms with Gasteiger partial charge >= 0.3 is 0 Å². The van der Waals surface area contributed by atoms with Gasteiger partial charge < -0.3 is 9.80 Å². The summed E-state index contributed by atoms with van der Waals surface area (Å²) in [5.74, 6) is 0.338. The first-order valence-corrected chi connectivity index (χ1v) is 5.09. The number of rotatable bonds is 0. The Balaban J connectivity index is 2.09. The van der Waals surface area contributed by atoms with Crippen LogP contribution in [0, 0.1) is 0 Å². The number of hydrogen-bond acceptors (Lipinski definition) is 2. The molecule has 74 valence electrons. The summed E-state index contributed by atoms with van der Waals surface area (Å²) < 4.78 is 0. The second-order valence-electron chi connectivity index (χ2n) is 4.48. The standard InChI is InChI=1S/C10H18N2O/c1-11-7-5-10(6-8-11)4-3-9(13)12(10)2/h3-8H2,1-2H3. The van der Waals surface area contributed by atoms with Crippen LogP contribution in [0.5, 0.6) is 0 Å². The van der Waals surface area contributed by atoms with E-state index < -0.39 is 0 Å². The van der Waals surface area contributed by atoms with Crippen molar-refractivity contribution in [3.8, 4) is 0 Å². The van der Waals surface area contributed by atoms with E-state index in [1.807, 2.05) is 11.9 Å². The van der Waals surface area contributed by atoms with Crippen LogP contribution in [0.3, 0.4) is 0 Å². The first-order chi connectivity index (χ1) is 6.14. The van der Waals surface area contributed by atoms with Gasteiger partial charge in [-0.05, 0) is 26.3 Å². The van der Waals surface area contributed by atoms with Crippen LogP contribution in [-0.4, -0.2) is 48.4 Å². The normalized spacial score (nSPS) is 28.8. The molecule has 1 spiro atoms. The average molecular weight is 182 g/mol. The van der Waals surface area contributed by atoms with Crippen molar-refractivity contribution in [1.29, 1.82) is 0 Å². The largest absolute Gasteiger partial charge is 0.340 e. The van der Waals surface area contributed by atoms with Crippen LogP contribution < -0.4 is 0 Å². The van der Waals surface area contributed by atoms with E-state index in [0.717, 1.165) is 38.8 Å². The maximum atomic E-state index is 11.4. The summed E-state index contributed by atoms with van der Waals surface area (Å²) in [4.78, 5) is 15.8. The minimum atomic E-state index is 0.226. The fourth-order valence-corrected chi connectivity index (χ4v) is 2.56. The molecular formula is C10H18N2O. The Morgan fingerprint density at radius 3 is 2.23 bits per heavy atom. The van der Waals surface area contributed by atoms with Gasteiger partial charge in [-0.1, -0.05) is 0 Å². The van der Waals surface area contributed by atoms with Gasteiger partial charge in [-0.15, -0.1) is 0 Å². The molecule has 2 heterocycles. The highest BCUT2D eigenvalue weighted by atomic mass is 16.2. The van der Waals surface area contributed by atoms with E-state index >= 15 is 0 Å². The predicted octanol–water partition coefficient (Wildman–Crippen LogP) is 0.703. The van der Waals surface area contributed by atoms with Crippen molar-refractivity contribution in [2.75, 3.05) is 27.2 Å². The number of likely N-dealkylation sites (tertiary alicyclic amines) is 2. The Morgan fingerprint density at radius 1 is 1.15 bits per heavy atom. The number of hydrogen-bond donors (Lipinski definition) is 0. The highest BCUT2D eigenvalue weighted by Gasteiger charge is 2.44. The monoisotopic (exact) mass is 182 g/mol. The molecule has 3 nitrogen and oxygen atoms in total. The summed E-state index contributed by atoms with van der Waals surface area (Å²) in [6, 6.07) is 0. The van der Waals surface area contributed by atoms with E-state index in [1.54, 1.807) is 0 Å².